The summed E-state index contributed by atoms with van der Waals surface area (Å²) >= 11 is 0. The summed E-state index contributed by atoms with van der Waals surface area (Å²) in [6, 6.07) is 0. The van der Waals surface area contributed by atoms with Crippen LogP contribution in [0.2, 0.25) is 0 Å². The molecular weight excluding hydrogens is 312 g/mol. The summed E-state index contributed by atoms with van der Waals surface area (Å²) in [6.07, 6.45) is 9.25. The lowest BCUT2D eigenvalue weighted by molar-refractivity contribution is -0.154. The van der Waals surface area contributed by atoms with E-state index in [1.165, 1.54) is 19.3 Å². The van der Waals surface area contributed by atoms with Crippen LogP contribution in [0.1, 0.15) is 72.1 Å². The normalized spacial score (nSPS) is 55.2. The quantitative estimate of drug-likeness (QED) is 0.813. The van der Waals surface area contributed by atoms with Gasteiger partial charge in [0.1, 0.15) is 5.78 Å². The molecule has 0 heterocycles. The van der Waals surface area contributed by atoms with Crippen LogP contribution in [-0.2, 0) is 9.53 Å². The van der Waals surface area contributed by atoms with Gasteiger partial charge in [0.2, 0.25) is 0 Å². The summed E-state index contributed by atoms with van der Waals surface area (Å²) in [5.41, 5.74) is -0.292. The molecule has 25 heavy (non-hydrogen) atoms. The Labute approximate surface area is 152 Å². The summed E-state index contributed by atoms with van der Waals surface area (Å²) in [5.74, 6) is 4.13. The van der Waals surface area contributed by atoms with Gasteiger partial charge >= 0.3 is 0 Å². The molecule has 0 radical (unpaired) electrons. The Kier molecular flexibility index (Phi) is 4.35. The predicted octanol–water partition coefficient (Wildman–Crippen LogP) is 4.22. The van der Waals surface area contributed by atoms with Crippen molar-refractivity contribution in [3.8, 4) is 0 Å². The second kappa shape index (κ2) is 6.05. The van der Waals surface area contributed by atoms with Crippen LogP contribution in [0.3, 0.4) is 0 Å². The van der Waals surface area contributed by atoms with E-state index in [-0.39, 0.29) is 17.4 Å². The number of aliphatic hydroxyl groups is 1. The lowest BCUT2D eigenvalue weighted by atomic mass is 9.48. The largest absolute Gasteiger partial charge is 0.390 e. The first-order valence-corrected chi connectivity index (χ1v) is 10.5. The number of carbonyl (C=O) groups excluding carboxylic acids is 1. The summed E-state index contributed by atoms with van der Waals surface area (Å²) in [6.45, 7) is 6.23. The van der Waals surface area contributed by atoms with Crippen LogP contribution < -0.4 is 0 Å². The van der Waals surface area contributed by atoms with Gasteiger partial charge in [-0.1, -0.05) is 6.92 Å². The van der Waals surface area contributed by atoms with Gasteiger partial charge in [-0.05, 0) is 100 Å². The van der Waals surface area contributed by atoms with Gasteiger partial charge in [0.05, 0.1) is 11.7 Å². The van der Waals surface area contributed by atoms with Crippen molar-refractivity contribution in [2.75, 3.05) is 7.11 Å². The van der Waals surface area contributed by atoms with E-state index in [9.17, 15) is 9.90 Å². The molecule has 4 aliphatic carbocycles. The second-order valence-electron chi connectivity index (χ2n) is 10.3. The van der Waals surface area contributed by atoms with Crippen molar-refractivity contribution in [2.24, 2.45) is 40.9 Å². The monoisotopic (exact) mass is 348 g/mol. The molecule has 4 fully saturated rings. The summed E-state index contributed by atoms with van der Waals surface area (Å²) < 4.78 is 5.98. The molecule has 0 spiro atoms. The van der Waals surface area contributed by atoms with Crippen molar-refractivity contribution in [1.29, 1.82) is 0 Å². The number of hydrogen-bond acceptors (Lipinski definition) is 3. The maximum Gasteiger partial charge on any atom is 0.133 e. The predicted molar refractivity (Wildman–Crippen MR) is 98.1 cm³/mol. The number of ketones is 1. The molecule has 0 saturated heterocycles. The Bertz CT molecular complexity index is 541. The standard InChI is InChI=1S/C22H36O3/c1-13(23)18-5-6-19-16-11-20(25-4)17-12-21(2,24)9-7-15(17)14(16)8-10-22(18,19)3/h14-20,24H,5-12H2,1-4H3/t14-,15-,16-,17+,18-,19+,20-,21-,22-/m1/s1. The number of Topliss-reactive ketones (excluding diaryl/α,β-unsaturated/α-hetero) is 1. The first-order valence-electron chi connectivity index (χ1n) is 10.5. The van der Waals surface area contributed by atoms with E-state index in [1.54, 1.807) is 0 Å². The molecule has 0 aromatic heterocycles. The molecule has 4 saturated carbocycles. The molecule has 4 aliphatic rings. The number of rotatable bonds is 2. The van der Waals surface area contributed by atoms with Crippen molar-refractivity contribution < 1.29 is 14.6 Å². The topological polar surface area (TPSA) is 46.5 Å². The van der Waals surface area contributed by atoms with Gasteiger partial charge in [-0.25, -0.2) is 0 Å². The van der Waals surface area contributed by atoms with Crippen LogP contribution in [0, 0.1) is 40.9 Å². The third-order valence-electron chi connectivity index (χ3n) is 9.06. The third kappa shape index (κ3) is 2.72. The van der Waals surface area contributed by atoms with Crippen molar-refractivity contribution in [3.05, 3.63) is 0 Å². The second-order valence-corrected chi connectivity index (χ2v) is 10.3. The van der Waals surface area contributed by atoms with Gasteiger partial charge in [0, 0.05) is 13.0 Å². The highest BCUT2D eigenvalue weighted by Crippen LogP contribution is 2.64. The zero-order valence-corrected chi connectivity index (χ0v) is 16.5. The highest BCUT2D eigenvalue weighted by atomic mass is 16.5. The van der Waals surface area contributed by atoms with E-state index in [4.69, 9.17) is 4.74 Å². The molecule has 0 amide bonds. The molecule has 3 nitrogen and oxygen atoms in total. The van der Waals surface area contributed by atoms with E-state index in [1.807, 2.05) is 21.0 Å². The minimum Gasteiger partial charge on any atom is -0.390 e. The Morgan fingerprint density at radius 2 is 1.68 bits per heavy atom. The summed E-state index contributed by atoms with van der Waals surface area (Å²) in [7, 11) is 1.86. The minimum atomic E-state index is -0.513. The zero-order chi connectivity index (χ0) is 18.0. The number of fused-ring (bicyclic) bond motifs is 5. The highest BCUT2D eigenvalue weighted by molar-refractivity contribution is 5.79. The van der Waals surface area contributed by atoms with E-state index in [0.717, 1.165) is 43.9 Å². The number of ether oxygens (including phenoxy) is 1. The van der Waals surface area contributed by atoms with Crippen LogP contribution in [0.25, 0.3) is 0 Å². The Hall–Kier alpha value is -0.410. The van der Waals surface area contributed by atoms with Gasteiger partial charge in [-0.3, -0.25) is 4.79 Å². The van der Waals surface area contributed by atoms with E-state index >= 15 is 0 Å². The first kappa shape index (κ1) is 18.0. The molecule has 0 aromatic rings. The molecule has 0 aliphatic heterocycles. The van der Waals surface area contributed by atoms with E-state index < -0.39 is 5.60 Å². The molecule has 3 heteroatoms. The maximum atomic E-state index is 12.2. The van der Waals surface area contributed by atoms with Crippen molar-refractivity contribution in [3.63, 3.8) is 0 Å². The lowest BCUT2D eigenvalue weighted by Gasteiger charge is -2.58. The van der Waals surface area contributed by atoms with Crippen LogP contribution in [0.15, 0.2) is 0 Å². The average molecular weight is 349 g/mol. The van der Waals surface area contributed by atoms with Crippen molar-refractivity contribution in [1.82, 2.24) is 0 Å². The fourth-order valence-electron chi connectivity index (χ4n) is 7.96. The number of hydrogen-bond donors (Lipinski definition) is 1. The molecule has 0 unspecified atom stereocenters. The molecule has 0 bridgehead atoms. The molecular formula is C22H36O3. The molecule has 142 valence electrons. The van der Waals surface area contributed by atoms with Crippen LogP contribution >= 0.6 is 0 Å². The Morgan fingerprint density at radius 3 is 2.36 bits per heavy atom. The van der Waals surface area contributed by atoms with Gasteiger partial charge in [0.25, 0.3) is 0 Å². The van der Waals surface area contributed by atoms with E-state index in [2.05, 4.69) is 6.92 Å². The van der Waals surface area contributed by atoms with Gasteiger partial charge in [0.15, 0.2) is 0 Å². The van der Waals surface area contributed by atoms with Crippen molar-refractivity contribution in [2.45, 2.75) is 83.8 Å². The summed E-state index contributed by atoms with van der Waals surface area (Å²) in [4.78, 5) is 12.2. The molecule has 0 aromatic carbocycles. The lowest BCUT2D eigenvalue weighted by Crippen LogP contribution is -2.55. The molecule has 4 rings (SSSR count). The fraction of sp³-hybridized carbons (Fsp3) is 0.955. The SMILES string of the molecule is CO[C@@H]1C[C@@H]2[C@H](CC[C@]3(C)[C@@H](C(C)=O)CC[C@@H]23)[C@H]2CC[C@@](C)(O)C[C@@H]21. The Balaban J connectivity index is 1.61. The smallest absolute Gasteiger partial charge is 0.133 e. The van der Waals surface area contributed by atoms with E-state index in [0.29, 0.717) is 23.5 Å². The number of methoxy groups -OCH3 is 1. The number of carbonyl (C=O) groups is 1. The zero-order valence-electron chi connectivity index (χ0n) is 16.5. The molecule has 9 atom stereocenters. The fourth-order valence-corrected chi connectivity index (χ4v) is 7.96. The average Bonchev–Trinajstić information content (AvgIpc) is 2.90. The van der Waals surface area contributed by atoms with Crippen LogP contribution in [0.5, 0.6) is 0 Å². The van der Waals surface area contributed by atoms with Crippen LogP contribution in [-0.4, -0.2) is 29.7 Å². The van der Waals surface area contributed by atoms with Gasteiger partial charge < -0.3 is 9.84 Å². The maximum absolute atomic E-state index is 12.2. The minimum absolute atomic E-state index is 0.221. The molecule has 1 N–H and O–H groups in total. The third-order valence-corrected chi connectivity index (χ3v) is 9.06. The van der Waals surface area contributed by atoms with Gasteiger partial charge in [-0.2, -0.15) is 0 Å². The highest BCUT2D eigenvalue weighted by Gasteiger charge is 2.60. The van der Waals surface area contributed by atoms with Crippen LogP contribution in [0.4, 0.5) is 0 Å². The Morgan fingerprint density at radius 1 is 1.00 bits per heavy atom. The van der Waals surface area contributed by atoms with Crippen molar-refractivity contribution >= 4 is 5.78 Å². The summed E-state index contributed by atoms with van der Waals surface area (Å²) in [5, 5.41) is 10.6. The van der Waals surface area contributed by atoms with Gasteiger partial charge in [-0.15, -0.1) is 0 Å². The first-order chi connectivity index (χ1) is 11.8.